The number of nitrogens with one attached hydrogen (secondary N) is 2. The smallest absolute Gasteiger partial charge is 0.252 e. The fourth-order valence-electron chi connectivity index (χ4n) is 3.78. The van der Waals surface area contributed by atoms with Gasteiger partial charge in [0.05, 0.1) is 16.8 Å². The average Bonchev–Trinajstić information content (AvgIpc) is 2.82. The predicted molar refractivity (Wildman–Crippen MR) is 130 cm³/mol. The molecule has 2 N–H and O–H groups in total. The summed E-state index contributed by atoms with van der Waals surface area (Å²) in [5.41, 5.74) is 6.32. The second kappa shape index (κ2) is 10.0. The summed E-state index contributed by atoms with van der Waals surface area (Å²) in [5.74, 6) is -0.343. The van der Waals surface area contributed by atoms with E-state index in [1.54, 1.807) is 12.4 Å². The van der Waals surface area contributed by atoms with Crippen LogP contribution >= 0.6 is 0 Å². The summed E-state index contributed by atoms with van der Waals surface area (Å²) < 4.78 is 0. The van der Waals surface area contributed by atoms with Crippen molar-refractivity contribution in [3.8, 4) is 11.3 Å². The van der Waals surface area contributed by atoms with E-state index in [1.165, 1.54) is 5.56 Å². The minimum absolute atomic E-state index is 0.123. The first-order valence-corrected chi connectivity index (χ1v) is 10.9. The van der Waals surface area contributed by atoms with E-state index >= 15 is 0 Å². The van der Waals surface area contributed by atoms with Crippen molar-refractivity contribution < 1.29 is 9.59 Å². The highest BCUT2D eigenvalue weighted by atomic mass is 16.2. The summed E-state index contributed by atoms with van der Waals surface area (Å²) in [6, 6.07) is 19.3. The van der Waals surface area contributed by atoms with Gasteiger partial charge in [0.25, 0.3) is 5.91 Å². The highest BCUT2D eigenvalue weighted by Gasteiger charge is 2.15. The van der Waals surface area contributed by atoms with Gasteiger partial charge in [0.15, 0.2) is 0 Å². The standard InChI is InChI=1S/C27H26N4O2/c1-18-7-8-21(19(2)15-18)25-16-23(22-5-3-4-6-24(22)31-25)27(33)29-14-11-26(32)30-17-20-9-12-28-13-10-20/h3-10,12-13,15-16H,11,14,17H2,1-2H3,(H,29,33)(H,30,32). The Morgan fingerprint density at radius 1 is 0.909 bits per heavy atom. The van der Waals surface area contributed by atoms with E-state index in [0.29, 0.717) is 12.1 Å². The Bertz CT molecular complexity index is 1300. The SMILES string of the molecule is Cc1ccc(-c2cc(C(=O)NCCC(=O)NCc3ccncc3)c3ccccc3n2)c(C)c1. The molecule has 4 rings (SSSR count). The molecule has 2 amide bonds. The third kappa shape index (κ3) is 5.41. The molecule has 166 valence electrons. The van der Waals surface area contributed by atoms with Crippen molar-refractivity contribution in [1.82, 2.24) is 20.6 Å². The third-order valence-electron chi connectivity index (χ3n) is 5.50. The van der Waals surface area contributed by atoms with Gasteiger partial charge in [-0.25, -0.2) is 4.98 Å². The first-order valence-electron chi connectivity index (χ1n) is 10.9. The quantitative estimate of drug-likeness (QED) is 0.449. The van der Waals surface area contributed by atoms with Crippen LogP contribution in [0.4, 0.5) is 0 Å². The van der Waals surface area contributed by atoms with Gasteiger partial charge in [0.1, 0.15) is 0 Å². The maximum absolute atomic E-state index is 13.1. The molecule has 4 aromatic rings. The first kappa shape index (κ1) is 22.1. The minimum Gasteiger partial charge on any atom is -0.352 e. The van der Waals surface area contributed by atoms with Crippen molar-refractivity contribution in [2.45, 2.75) is 26.8 Å². The van der Waals surface area contributed by atoms with Crippen molar-refractivity contribution in [2.24, 2.45) is 0 Å². The van der Waals surface area contributed by atoms with E-state index in [2.05, 4.69) is 28.6 Å². The lowest BCUT2D eigenvalue weighted by Gasteiger charge is -2.12. The summed E-state index contributed by atoms with van der Waals surface area (Å²) in [6.45, 7) is 4.78. The van der Waals surface area contributed by atoms with Gasteiger partial charge in [0, 0.05) is 42.9 Å². The van der Waals surface area contributed by atoms with Crippen LogP contribution in [0.15, 0.2) is 73.1 Å². The van der Waals surface area contributed by atoms with Crippen LogP contribution in [0.5, 0.6) is 0 Å². The number of carbonyl (C=O) groups excluding carboxylic acids is 2. The zero-order chi connectivity index (χ0) is 23.2. The normalized spacial score (nSPS) is 10.7. The number of amides is 2. The molecule has 33 heavy (non-hydrogen) atoms. The lowest BCUT2D eigenvalue weighted by molar-refractivity contribution is -0.121. The van der Waals surface area contributed by atoms with Gasteiger partial charge in [-0.1, -0.05) is 42.0 Å². The lowest BCUT2D eigenvalue weighted by Crippen LogP contribution is -2.30. The highest BCUT2D eigenvalue weighted by molar-refractivity contribution is 6.07. The Balaban J connectivity index is 1.47. The molecule has 0 unspecified atom stereocenters. The van der Waals surface area contributed by atoms with Crippen LogP contribution in [0.3, 0.4) is 0 Å². The zero-order valence-electron chi connectivity index (χ0n) is 18.8. The van der Waals surface area contributed by atoms with Crippen LogP contribution < -0.4 is 10.6 Å². The maximum Gasteiger partial charge on any atom is 0.252 e. The highest BCUT2D eigenvalue weighted by Crippen LogP contribution is 2.27. The van der Waals surface area contributed by atoms with Gasteiger partial charge in [0.2, 0.25) is 5.91 Å². The van der Waals surface area contributed by atoms with Crippen LogP contribution in [-0.2, 0) is 11.3 Å². The second-order valence-corrected chi connectivity index (χ2v) is 8.03. The van der Waals surface area contributed by atoms with Gasteiger partial charge >= 0.3 is 0 Å². The van der Waals surface area contributed by atoms with Gasteiger partial charge in [-0.05, 0) is 49.2 Å². The summed E-state index contributed by atoms with van der Waals surface area (Å²) in [7, 11) is 0. The number of pyridine rings is 2. The van der Waals surface area contributed by atoms with Crippen molar-refractivity contribution >= 4 is 22.7 Å². The fourth-order valence-corrected chi connectivity index (χ4v) is 3.78. The van der Waals surface area contributed by atoms with Crippen molar-refractivity contribution in [3.05, 3.63) is 95.3 Å². The van der Waals surface area contributed by atoms with E-state index in [4.69, 9.17) is 4.98 Å². The molecule has 0 aliphatic rings. The van der Waals surface area contributed by atoms with E-state index < -0.39 is 0 Å². The number of aromatic nitrogens is 2. The topological polar surface area (TPSA) is 84.0 Å². The number of hydrogen-bond donors (Lipinski definition) is 2. The van der Waals surface area contributed by atoms with Crippen molar-refractivity contribution in [1.29, 1.82) is 0 Å². The number of carbonyl (C=O) groups is 2. The van der Waals surface area contributed by atoms with E-state index in [1.807, 2.05) is 61.5 Å². The molecular weight excluding hydrogens is 412 g/mol. The molecule has 0 fully saturated rings. The Morgan fingerprint density at radius 3 is 2.48 bits per heavy atom. The molecule has 0 aliphatic carbocycles. The largest absolute Gasteiger partial charge is 0.352 e. The number of benzene rings is 2. The minimum atomic E-state index is -0.221. The Morgan fingerprint density at radius 2 is 1.70 bits per heavy atom. The Kier molecular flexibility index (Phi) is 6.74. The molecule has 0 bridgehead atoms. The zero-order valence-corrected chi connectivity index (χ0v) is 18.8. The summed E-state index contributed by atoms with van der Waals surface area (Å²) in [5, 5.41) is 6.52. The summed E-state index contributed by atoms with van der Waals surface area (Å²) in [6.07, 6.45) is 3.57. The van der Waals surface area contributed by atoms with Crippen LogP contribution in [-0.4, -0.2) is 28.3 Å². The molecule has 0 aliphatic heterocycles. The molecule has 0 atom stereocenters. The van der Waals surface area contributed by atoms with Gasteiger partial charge in [-0.15, -0.1) is 0 Å². The number of para-hydroxylation sites is 1. The fraction of sp³-hybridized carbons (Fsp3) is 0.185. The second-order valence-electron chi connectivity index (χ2n) is 8.03. The molecule has 0 saturated carbocycles. The predicted octanol–water partition coefficient (Wildman–Crippen LogP) is 4.35. The first-order chi connectivity index (χ1) is 16.0. The number of aryl methyl sites for hydroxylation is 2. The molecule has 2 aromatic heterocycles. The molecule has 0 spiro atoms. The molecular formula is C27H26N4O2. The van der Waals surface area contributed by atoms with Crippen molar-refractivity contribution in [3.63, 3.8) is 0 Å². The number of hydrogen-bond acceptors (Lipinski definition) is 4. The van der Waals surface area contributed by atoms with Gasteiger partial charge in [-0.3, -0.25) is 14.6 Å². The third-order valence-corrected chi connectivity index (χ3v) is 5.50. The molecule has 0 radical (unpaired) electrons. The lowest BCUT2D eigenvalue weighted by atomic mass is 9.99. The molecule has 2 aromatic carbocycles. The van der Waals surface area contributed by atoms with Crippen LogP contribution in [0.1, 0.15) is 33.5 Å². The van der Waals surface area contributed by atoms with E-state index in [9.17, 15) is 9.59 Å². The molecule has 2 heterocycles. The van der Waals surface area contributed by atoms with Crippen LogP contribution in [0, 0.1) is 13.8 Å². The molecule has 0 saturated heterocycles. The number of fused-ring (bicyclic) bond motifs is 1. The Labute approximate surface area is 193 Å². The van der Waals surface area contributed by atoms with Crippen LogP contribution in [0.25, 0.3) is 22.2 Å². The van der Waals surface area contributed by atoms with Gasteiger partial charge < -0.3 is 10.6 Å². The van der Waals surface area contributed by atoms with E-state index in [0.717, 1.165) is 33.3 Å². The number of rotatable bonds is 7. The Hall–Kier alpha value is -4.06. The average molecular weight is 439 g/mol. The van der Waals surface area contributed by atoms with Gasteiger partial charge in [-0.2, -0.15) is 0 Å². The molecule has 6 heteroatoms. The monoisotopic (exact) mass is 438 g/mol. The summed E-state index contributed by atoms with van der Waals surface area (Å²) in [4.78, 5) is 34.0. The van der Waals surface area contributed by atoms with E-state index in [-0.39, 0.29) is 24.8 Å². The number of nitrogens with zero attached hydrogens (tertiary/aromatic N) is 2. The maximum atomic E-state index is 13.1. The summed E-state index contributed by atoms with van der Waals surface area (Å²) >= 11 is 0. The molecule has 6 nitrogen and oxygen atoms in total. The van der Waals surface area contributed by atoms with Crippen LogP contribution in [0.2, 0.25) is 0 Å². The van der Waals surface area contributed by atoms with Crippen molar-refractivity contribution in [2.75, 3.05) is 6.54 Å².